The quantitative estimate of drug-likeness (QED) is 0.755. The van der Waals surface area contributed by atoms with Crippen molar-refractivity contribution in [1.82, 2.24) is 0 Å². The lowest BCUT2D eigenvalue weighted by atomic mass is 9.92. The zero-order valence-corrected chi connectivity index (χ0v) is 10.4. The summed E-state index contributed by atoms with van der Waals surface area (Å²) < 4.78 is 5.19. The van der Waals surface area contributed by atoms with Crippen molar-refractivity contribution in [2.75, 3.05) is 6.61 Å². The molecule has 2 N–H and O–H groups in total. The Kier molecular flexibility index (Phi) is 5.53. The Morgan fingerprint density at radius 3 is 2.81 bits per heavy atom. The lowest BCUT2D eigenvalue weighted by Gasteiger charge is -2.16. The smallest absolute Gasteiger partial charge is 0.164 e. The van der Waals surface area contributed by atoms with Crippen LogP contribution in [0, 0.1) is 5.92 Å². The molecule has 2 unspecified atom stereocenters. The van der Waals surface area contributed by atoms with Crippen molar-refractivity contribution in [1.29, 1.82) is 0 Å². The van der Waals surface area contributed by atoms with Gasteiger partial charge in [-0.15, -0.1) is 0 Å². The highest BCUT2D eigenvalue weighted by Gasteiger charge is 2.19. The highest BCUT2D eigenvalue weighted by Crippen LogP contribution is 2.20. The molecule has 0 saturated heterocycles. The minimum Gasteiger partial charge on any atom is -0.501 e. The van der Waals surface area contributed by atoms with Gasteiger partial charge in [-0.3, -0.25) is 4.79 Å². The van der Waals surface area contributed by atoms with Crippen LogP contribution < -0.4 is 5.73 Å². The van der Waals surface area contributed by atoms with Crippen LogP contribution in [0.2, 0.25) is 0 Å². The fourth-order valence-corrected chi connectivity index (χ4v) is 1.94. The van der Waals surface area contributed by atoms with Gasteiger partial charge in [0, 0.05) is 17.5 Å². The van der Waals surface area contributed by atoms with E-state index >= 15 is 0 Å². The van der Waals surface area contributed by atoms with Gasteiger partial charge in [0.15, 0.2) is 5.78 Å². The van der Waals surface area contributed by atoms with E-state index in [9.17, 15) is 4.79 Å². The fourth-order valence-electron chi connectivity index (χ4n) is 1.94. The number of rotatable bonds is 6. The van der Waals surface area contributed by atoms with Gasteiger partial charge in [0.2, 0.25) is 0 Å². The monoisotopic (exact) mass is 225 g/mol. The summed E-state index contributed by atoms with van der Waals surface area (Å²) in [6.07, 6.45) is 6.43. The molecule has 2 atom stereocenters. The van der Waals surface area contributed by atoms with Crippen molar-refractivity contribution < 1.29 is 9.53 Å². The third-order valence-corrected chi connectivity index (χ3v) is 2.99. The van der Waals surface area contributed by atoms with Gasteiger partial charge < -0.3 is 10.5 Å². The Bertz CT molecular complexity index is 259. The molecule has 1 aliphatic rings. The second-order valence-corrected chi connectivity index (χ2v) is 4.79. The first-order valence-electron chi connectivity index (χ1n) is 6.21. The van der Waals surface area contributed by atoms with Crippen LogP contribution in [0.4, 0.5) is 0 Å². The second kappa shape index (κ2) is 6.69. The maximum atomic E-state index is 12.0. The normalized spacial score (nSPS) is 19.6. The third-order valence-electron chi connectivity index (χ3n) is 2.99. The molecule has 0 amide bonds. The maximum Gasteiger partial charge on any atom is 0.164 e. The molecule has 0 radical (unpaired) electrons. The van der Waals surface area contributed by atoms with Crippen molar-refractivity contribution >= 4 is 5.78 Å². The van der Waals surface area contributed by atoms with Crippen molar-refractivity contribution in [2.45, 2.75) is 52.0 Å². The van der Waals surface area contributed by atoms with E-state index in [1.807, 2.05) is 13.8 Å². The van der Waals surface area contributed by atoms with Crippen LogP contribution in [0.3, 0.4) is 0 Å². The van der Waals surface area contributed by atoms with Crippen molar-refractivity contribution in [3.63, 3.8) is 0 Å². The molecule has 0 aromatic heterocycles. The summed E-state index contributed by atoms with van der Waals surface area (Å²) in [7, 11) is 0. The Balaban J connectivity index is 2.32. The van der Waals surface area contributed by atoms with E-state index in [2.05, 4.69) is 0 Å². The maximum absolute atomic E-state index is 12.0. The molecule has 1 heterocycles. The number of Topliss-reactive ketones (excluding diaryl/α,β-unsaturated/α-hetero) is 1. The largest absolute Gasteiger partial charge is 0.501 e. The number of hydrogen-bond acceptors (Lipinski definition) is 3. The van der Waals surface area contributed by atoms with Crippen LogP contribution in [0.1, 0.15) is 46.0 Å². The van der Waals surface area contributed by atoms with E-state index in [0.29, 0.717) is 0 Å². The molecule has 92 valence electrons. The average Bonchev–Trinajstić information content (AvgIpc) is 2.28. The summed E-state index contributed by atoms with van der Waals surface area (Å²) >= 11 is 0. The number of carbonyl (C=O) groups is 1. The van der Waals surface area contributed by atoms with Crippen LogP contribution in [-0.4, -0.2) is 18.4 Å². The Morgan fingerprint density at radius 2 is 2.25 bits per heavy atom. The van der Waals surface area contributed by atoms with E-state index in [1.54, 1.807) is 6.26 Å². The first kappa shape index (κ1) is 13.2. The van der Waals surface area contributed by atoms with E-state index in [-0.39, 0.29) is 17.7 Å². The van der Waals surface area contributed by atoms with E-state index in [4.69, 9.17) is 10.5 Å². The number of ketones is 1. The predicted octanol–water partition coefficient (Wildman–Crippen LogP) is 2.40. The number of hydrogen-bond donors (Lipinski definition) is 1. The van der Waals surface area contributed by atoms with Crippen molar-refractivity contribution in [3.05, 3.63) is 11.8 Å². The molecule has 0 aliphatic carbocycles. The molecule has 0 aromatic rings. The molecular weight excluding hydrogens is 202 g/mol. The van der Waals surface area contributed by atoms with Gasteiger partial charge in [0.25, 0.3) is 0 Å². The van der Waals surface area contributed by atoms with Gasteiger partial charge in [-0.2, -0.15) is 0 Å². The summed E-state index contributed by atoms with van der Waals surface area (Å²) in [5.41, 5.74) is 6.54. The Labute approximate surface area is 98.0 Å². The minimum absolute atomic E-state index is 0.103. The topological polar surface area (TPSA) is 52.3 Å². The Hall–Kier alpha value is -0.830. The van der Waals surface area contributed by atoms with Crippen molar-refractivity contribution in [3.8, 4) is 0 Å². The Morgan fingerprint density at radius 1 is 1.50 bits per heavy atom. The first-order chi connectivity index (χ1) is 7.61. The lowest BCUT2D eigenvalue weighted by Crippen LogP contribution is -2.18. The molecule has 0 saturated carbocycles. The number of ether oxygens (including phenoxy) is 1. The summed E-state index contributed by atoms with van der Waals surface area (Å²) in [6, 6.07) is 0.236. The number of carbonyl (C=O) groups excluding carboxylic acids is 1. The molecule has 0 spiro atoms. The van der Waals surface area contributed by atoms with E-state index in [0.717, 1.165) is 44.3 Å². The summed E-state index contributed by atoms with van der Waals surface area (Å²) in [5.74, 6) is 0.357. The number of allylic oxidation sites excluding steroid dienone is 1. The van der Waals surface area contributed by atoms with Crippen LogP contribution in [0.25, 0.3) is 0 Å². The zero-order chi connectivity index (χ0) is 12.0. The molecule has 0 bridgehead atoms. The lowest BCUT2D eigenvalue weighted by molar-refractivity contribution is -0.119. The molecule has 16 heavy (non-hydrogen) atoms. The van der Waals surface area contributed by atoms with Gasteiger partial charge in [-0.25, -0.2) is 0 Å². The highest BCUT2D eigenvalue weighted by atomic mass is 16.5. The SMILES string of the molecule is CC(N)CCCC(C)C(=O)C1=COCCC1. The van der Waals surface area contributed by atoms with Crippen LogP contribution >= 0.6 is 0 Å². The first-order valence-corrected chi connectivity index (χ1v) is 6.21. The van der Waals surface area contributed by atoms with E-state index < -0.39 is 0 Å². The average molecular weight is 225 g/mol. The fraction of sp³-hybridized carbons (Fsp3) is 0.769. The number of nitrogens with two attached hydrogens (primary N) is 1. The molecular formula is C13H23NO2. The second-order valence-electron chi connectivity index (χ2n) is 4.79. The standard InChI is InChI=1S/C13H23NO2/c1-10(5-3-6-11(2)14)13(15)12-7-4-8-16-9-12/h9-11H,3-8,14H2,1-2H3. The molecule has 1 aliphatic heterocycles. The van der Waals surface area contributed by atoms with Gasteiger partial charge >= 0.3 is 0 Å². The molecule has 3 heteroatoms. The van der Waals surface area contributed by atoms with Crippen LogP contribution in [-0.2, 0) is 9.53 Å². The van der Waals surface area contributed by atoms with Gasteiger partial charge in [0.05, 0.1) is 12.9 Å². The predicted molar refractivity (Wildman–Crippen MR) is 64.9 cm³/mol. The molecule has 3 nitrogen and oxygen atoms in total. The highest BCUT2D eigenvalue weighted by molar-refractivity contribution is 5.96. The van der Waals surface area contributed by atoms with Gasteiger partial charge in [-0.1, -0.05) is 13.3 Å². The van der Waals surface area contributed by atoms with Crippen LogP contribution in [0.15, 0.2) is 11.8 Å². The minimum atomic E-state index is 0.103. The molecule has 0 fully saturated rings. The van der Waals surface area contributed by atoms with Crippen molar-refractivity contribution in [2.24, 2.45) is 11.7 Å². The van der Waals surface area contributed by atoms with Gasteiger partial charge in [-0.05, 0) is 32.6 Å². The van der Waals surface area contributed by atoms with Gasteiger partial charge in [0.1, 0.15) is 0 Å². The van der Waals surface area contributed by atoms with Crippen LogP contribution in [0.5, 0.6) is 0 Å². The third kappa shape index (κ3) is 4.35. The zero-order valence-electron chi connectivity index (χ0n) is 10.4. The molecule has 1 rings (SSSR count). The molecule has 0 aromatic carbocycles. The summed E-state index contributed by atoms with van der Waals surface area (Å²) in [6.45, 7) is 4.75. The van der Waals surface area contributed by atoms with E-state index in [1.165, 1.54) is 0 Å². The summed E-state index contributed by atoms with van der Waals surface area (Å²) in [5, 5.41) is 0. The summed E-state index contributed by atoms with van der Waals surface area (Å²) in [4.78, 5) is 12.0.